The van der Waals surface area contributed by atoms with Gasteiger partial charge in [0, 0.05) is 31.2 Å². The highest BCUT2D eigenvalue weighted by Crippen LogP contribution is 2.29. The second-order valence-electron chi connectivity index (χ2n) is 4.05. The zero-order chi connectivity index (χ0) is 14.4. The van der Waals surface area contributed by atoms with E-state index in [1.165, 1.54) is 0 Å². The Hall–Kier alpha value is -1.47. The number of para-hydroxylation sites is 1. The van der Waals surface area contributed by atoms with Gasteiger partial charge in [-0.2, -0.15) is 18.3 Å². The fourth-order valence-corrected chi connectivity index (χ4v) is 2.23. The Morgan fingerprint density at radius 2 is 2.00 bits per heavy atom. The molecule has 3 nitrogen and oxygen atoms in total. The van der Waals surface area contributed by atoms with Crippen LogP contribution < -0.4 is 5.32 Å². The SMILES string of the molecule is FC(F)(F)SCCNCc1ccccc1-n1cccn1. The van der Waals surface area contributed by atoms with Crippen LogP contribution in [0.15, 0.2) is 42.7 Å². The van der Waals surface area contributed by atoms with E-state index in [2.05, 4.69) is 10.4 Å². The summed E-state index contributed by atoms with van der Waals surface area (Å²) in [5.41, 5.74) is -2.24. The Morgan fingerprint density at radius 3 is 2.70 bits per heavy atom. The molecule has 0 radical (unpaired) electrons. The van der Waals surface area contributed by atoms with Crippen molar-refractivity contribution < 1.29 is 13.2 Å². The van der Waals surface area contributed by atoms with Crippen molar-refractivity contribution in [2.75, 3.05) is 12.3 Å². The van der Waals surface area contributed by atoms with Gasteiger partial charge < -0.3 is 5.32 Å². The van der Waals surface area contributed by atoms with E-state index in [-0.39, 0.29) is 17.5 Å². The molecule has 0 aliphatic rings. The summed E-state index contributed by atoms with van der Waals surface area (Å²) in [5, 5.41) is 7.17. The zero-order valence-corrected chi connectivity index (χ0v) is 11.4. The number of hydrogen-bond acceptors (Lipinski definition) is 3. The third-order valence-corrected chi connectivity index (χ3v) is 3.34. The van der Waals surface area contributed by atoms with Gasteiger partial charge in [-0.1, -0.05) is 18.2 Å². The normalized spacial score (nSPS) is 11.8. The molecule has 0 fully saturated rings. The number of benzene rings is 1. The van der Waals surface area contributed by atoms with Gasteiger partial charge in [0.05, 0.1) is 5.69 Å². The average Bonchev–Trinajstić information content (AvgIpc) is 2.91. The first kappa shape index (κ1) is 14.9. The summed E-state index contributed by atoms with van der Waals surface area (Å²) < 4.78 is 37.7. The number of hydrogen-bond donors (Lipinski definition) is 1. The Balaban J connectivity index is 1.88. The van der Waals surface area contributed by atoms with Crippen molar-refractivity contribution in [3.8, 4) is 5.69 Å². The summed E-state index contributed by atoms with van der Waals surface area (Å²) in [4.78, 5) is 0. The summed E-state index contributed by atoms with van der Waals surface area (Å²) in [6, 6.07) is 9.48. The molecule has 2 rings (SSSR count). The number of thioether (sulfide) groups is 1. The maximum Gasteiger partial charge on any atom is 0.441 e. The van der Waals surface area contributed by atoms with E-state index in [0.29, 0.717) is 13.1 Å². The van der Waals surface area contributed by atoms with Crippen LogP contribution in [-0.2, 0) is 6.54 Å². The van der Waals surface area contributed by atoms with Crippen LogP contribution in [0.4, 0.5) is 13.2 Å². The number of alkyl halides is 3. The first-order valence-corrected chi connectivity index (χ1v) is 7.04. The molecular weight excluding hydrogens is 287 g/mol. The molecule has 7 heteroatoms. The van der Waals surface area contributed by atoms with Gasteiger partial charge in [-0.3, -0.25) is 0 Å². The Kier molecular flexibility index (Phi) is 5.08. The Bertz CT molecular complexity index is 526. The molecule has 0 unspecified atom stereocenters. The van der Waals surface area contributed by atoms with E-state index in [4.69, 9.17) is 0 Å². The number of nitrogens with zero attached hydrogens (tertiary/aromatic N) is 2. The van der Waals surface area contributed by atoms with Crippen LogP contribution in [0.3, 0.4) is 0 Å². The number of halogens is 3. The van der Waals surface area contributed by atoms with E-state index in [1.54, 1.807) is 10.9 Å². The standard InChI is InChI=1S/C13H14F3N3S/c14-13(15,16)20-9-7-17-10-11-4-1-2-5-12(11)19-8-3-6-18-19/h1-6,8,17H,7,9-10H2. The average molecular weight is 301 g/mol. The molecular formula is C13H14F3N3S. The van der Waals surface area contributed by atoms with E-state index >= 15 is 0 Å². The van der Waals surface area contributed by atoms with Gasteiger partial charge in [0.25, 0.3) is 0 Å². The van der Waals surface area contributed by atoms with Crippen molar-refractivity contribution in [3.63, 3.8) is 0 Å². The molecule has 2 aromatic rings. The molecule has 0 saturated heterocycles. The highest BCUT2D eigenvalue weighted by atomic mass is 32.2. The third-order valence-electron chi connectivity index (χ3n) is 2.60. The number of rotatable bonds is 6. The summed E-state index contributed by atoms with van der Waals surface area (Å²) in [5.74, 6) is 0.00738. The molecule has 0 spiro atoms. The summed E-state index contributed by atoms with van der Waals surface area (Å²) in [6.45, 7) is 0.812. The quantitative estimate of drug-likeness (QED) is 0.831. The first-order valence-electron chi connectivity index (χ1n) is 6.05. The second-order valence-corrected chi connectivity index (χ2v) is 5.21. The minimum absolute atomic E-state index is 0.00738. The van der Waals surface area contributed by atoms with Crippen molar-refractivity contribution in [1.29, 1.82) is 0 Å². The predicted octanol–water partition coefficient (Wildman–Crippen LogP) is 3.21. The molecule has 0 bridgehead atoms. The van der Waals surface area contributed by atoms with Crippen LogP contribution >= 0.6 is 11.8 Å². The second kappa shape index (κ2) is 6.81. The molecule has 1 N–H and O–H groups in total. The van der Waals surface area contributed by atoms with Gasteiger partial charge in [0.1, 0.15) is 0 Å². The van der Waals surface area contributed by atoms with Crippen molar-refractivity contribution in [3.05, 3.63) is 48.3 Å². The largest absolute Gasteiger partial charge is 0.441 e. The maximum absolute atomic E-state index is 12.0. The van der Waals surface area contributed by atoms with E-state index in [0.717, 1.165) is 11.3 Å². The van der Waals surface area contributed by atoms with Gasteiger partial charge in [0.2, 0.25) is 0 Å². The highest BCUT2D eigenvalue weighted by molar-refractivity contribution is 8.00. The molecule has 108 valence electrons. The molecule has 1 heterocycles. The molecule has 20 heavy (non-hydrogen) atoms. The number of aromatic nitrogens is 2. The first-order chi connectivity index (χ1) is 9.56. The molecule has 0 aliphatic carbocycles. The minimum atomic E-state index is -4.16. The van der Waals surface area contributed by atoms with Gasteiger partial charge in [-0.25, -0.2) is 4.68 Å². The highest BCUT2D eigenvalue weighted by Gasteiger charge is 2.27. The third kappa shape index (κ3) is 4.57. The fraction of sp³-hybridized carbons (Fsp3) is 0.308. The lowest BCUT2D eigenvalue weighted by molar-refractivity contribution is -0.0327. The van der Waals surface area contributed by atoms with E-state index < -0.39 is 5.51 Å². The smallest absolute Gasteiger partial charge is 0.312 e. The lowest BCUT2D eigenvalue weighted by atomic mass is 10.2. The number of nitrogens with one attached hydrogen (secondary N) is 1. The Labute approximate surface area is 119 Å². The Morgan fingerprint density at radius 1 is 1.20 bits per heavy atom. The van der Waals surface area contributed by atoms with Crippen LogP contribution in [0.1, 0.15) is 5.56 Å². The molecule has 1 aromatic heterocycles. The van der Waals surface area contributed by atoms with E-state index in [9.17, 15) is 13.2 Å². The predicted molar refractivity (Wildman–Crippen MR) is 73.8 cm³/mol. The van der Waals surface area contributed by atoms with E-state index in [1.807, 2.05) is 36.5 Å². The van der Waals surface area contributed by atoms with Gasteiger partial charge in [-0.05, 0) is 29.5 Å². The summed E-state index contributed by atoms with van der Waals surface area (Å²) >= 11 is -0.00939. The monoisotopic (exact) mass is 301 g/mol. The van der Waals surface area contributed by atoms with Crippen molar-refractivity contribution in [1.82, 2.24) is 15.1 Å². The lowest BCUT2D eigenvalue weighted by Gasteiger charge is -2.11. The topological polar surface area (TPSA) is 29.9 Å². The fourth-order valence-electron chi connectivity index (χ4n) is 1.76. The van der Waals surface area contributed by atoms with Gasteiger partial charge in [0.15, 0.2) is 0 Å². The summed E-state index contributed by atoms with van der Waals surface area (Å²) in [7, 11) is 0. The van der Waals surface area contributed by atoms with Gasteiger partial charge >= 0.3 is 5.51 Å². The van der Waals surface area contributed by atoms with Crippen molar-refractivity contribution in [2.45, 2.75) is 12.1 Å². The molecule has 0 amide bonds. The molecule has 1 aromatic carbocycles. The van der Waals surface area contributed by atoms with Crippen LogP contribution in [0.5, 0.6) is 0 Å². The van der Waals surface area contributed by atoms with Crippen molar-refractivity contribution >= 4 is 11.8 Å². The van der Waals surface area contributed by atoms with Crippen LogP contribution in [0.2, 0.25) is 0 Å². The van der Waals surface area contributed by atoms with Crippen molar-refractivity contribution in [2.24, 2.45) is 0 Å². The molecule has 0 aliphatic heterocycles. The maximum atomic E-state index is 12.0. The van der Waals surface area contributed by atoms with Gasteiger partial charge in [-0.15, -0.1) is 0 Å². The van der Waals surface area contributed by atoms with Crippen LogP contribution in [0.25, 0.3) is 5.69 Å². The molecule has 0 saturated carbocycles. The lowest BCUT2D eigenvalue weighted by Crippen LogP contribution is -2.19. The van der Waals surface area contributed by atoms with Crippen LogP contribution in [-0.4, -0.2) is 27.6 Å². The summed E-state index contributed by atoms with van der Waals surface area (Å²) in [6.07, 6.45) is 3.52. The van der Waals surface area contributed by atoms with Crippen LogP contribution in [0, 0.1) is 0 Å². The molecule has 0 atom stereocenters. The zero-order valence-electron chi connectivity index (χ0n) is 10.6. The minimum Gasteiger partial charge on any atom is -0.312 e.